The van der Waals surface area contributed by atoms with Gasteiger partial charge in [0.15, 0.2) is 5.65 Å². The molecule has 4 aromatic rings. The molecule has 25 heavy (non-hydrogen) atoms. The van der Waals surface area contributed by atoms with E-state index in [4.69, 9.17) is 5.73 Å². The van der Waals surface area contributed by atoms with Gasteiger partial charge in [-0.15, -0.1) is 11.3 Å². The average molecular weight is 350 g/mol. The second-order valence-corrected chi connectivity index (χ2v) is 6.23. The number of nitrogens with two attached hydrogens (primary N) is 1. The number of nitrogens with zero attached hydrogens (tertiary/aromatic N) is 3. The molecule has 0 radical (unpaired) electrons. The van der Waals surface area contributed by atoms with Gasteiger partial charge in [-0.2, -0.15) is 10.1 Å². The zero-order valence-electron chi connectivity index (χ0n) is 12.7. The molecule has 1 aromatic carbocycles. The van der Waals surface area contributed by atoms with Crippen molar-refractivity contribution in [2.45, 2.75) is 0 Å². The Labute approximate surface area is 144 Å². The summed E-state index contributed by atoms with van der Waals surface area (Å²) in [5.74, 6) is -1.12. The molecule has 1 amide bonds. The van der Waals surface area contributed by atoms with E-state index in [1.165, 1.54) is 21.9 Å². The van der Waals surface area contributed by atoms with E-state index in [9.17, 15) is 14.4 Å². The Morgan fingerprint density at radius 1 is 1.12 bits per heavy atom. The zero-order chi connectivity index (χ0) is 17.6. The van der Waals surface area contributed by atoms with Gasteiger partial charge in [-0.05, 0) is 29.6 Å². The third-order valence-corrected chi connectivity index (χ3v) is 4.61. The minimum Gasteiger partial charge on any atom is -0.365 e. The van der Waals surface area contributed by atoms with Crippen LogP contribution in [0.1, 0.15) is 25.7 Å². The lowest BCUT2D eigenvalue weighted by atomic mass is 10.1. The Morgan fingerprint density at radius 2 is 1.92 bits per heavy atom. The Kier molecular flexibility index (Phi) is 3.40. The third kappa shape index (κ3) is 2.39. The lowest BCUT2D eigenvalue weighted by Crippen LogP contribution is -2.21. The highest BCUT2D eigenvalue weighted by Crippen LogP contribution is 2.18. The van der Waals surface area contributed by atoms with Gasteiger partial charge in [-0.1, -0.05) is 18.2 Å². The molecule has 2 N–H and O–H groups in total. The van der Waals surface area contributed by atoms with Crippen LogP contribution in [0.25, 0.3) is 16.6 Å². The van der Waals surface area contributed by atoms with E-state index in [2.05, 4.69) is 10.1 Å². The van der Waals surface area contributed by atoms with Gasteiger partial charge in [0.2, 0.25) is 5.78 Å². The predicted octanol–water partition coefficient (Wildman–Crippen LogP) is 1.63. The van der Waals surface area contributed by atoms with Crippen LogP contribution in [-0.2, 0) is 0 Å². The molecule has 7 nitrogen and oxygen atoms in total. The standard InChI is InChI=1S/C17H10N4O3S/c18-15(23)10-8-11(14(22)13-6-3-7-25-13)20-21-12-5-2-1-4-9(12)17(24)19-16(10)21/h1-8H,(H2,18,23). The molecule has 0 spiro atoms. The lowest BCUT2D eigenvalue weighted by Gasteiger charge is -2.09. The number of aromatic nitrogens is 3. The van der Waals surface area contributed by atoms with Crippen molar-refractivity contribution in [3.63, 3.8) is 0 Å². The molecule has 0 aliphatic rings. The summed E-state index contributed by atoms with van der Waals surface area (Å²) in [6.45, 7) is 0. The molecule has 0 aliphatic carbocycles. The maximum absolute atomic E-state index is 12.6. The fourth-order valence-corrected chi connectivity index (χ4v) is 3.27. The van der Waals surface area contributed by atoms with Crippen molar-refractivity contribution in [1.82, 2.24) is 14.6 Å². The number of carbonyl (C=O) groups is 2. The van der Waals surface area contributed by atoms with Crippen molar-refractivity contribution in [3.8, 4) is 0 Å². The van der Waals surface area contributed by atoms with Gasteiger partial charge in [-0.3, -0.25) is 14.4 Å². The number of amides is 1. The van der Waals surface area contributed by atoms with E-state index in [1.54, 1.807) is 41.8 Å². The SMILES string of the molecule is NC(=O)c1cc(C(=O)c2cccs2)nn2c1nc(=O)c1ccccc12. The second-order valence-electron chi connectivity index (χ2n) is 5.28. The zero-order valence-corrected chi connectivity index (χ0v) is 13.5. The summed E-state index contributed by atoms with van der Waals surface area (Å²) < 4.78 is 1.32. The van der Waals surface area contributed by atoms with Crippen LogP contribution in [0.4, 0.5) is 0 Å². The normalized spacial score (nSPS) is 11.0. The van der Waals surface area contributed by atoms with Crippen molar-refractivity contribution >= 4 is 39.6 Å². The molecule has 0 bridgehead atoms. The Morgan fingerprint density at radius 3 is 2.64 bits per heavy atom. The summed E-state index contributed by atoms with van der Waals surface area (Å²) in [7, 11) is 0. The molecule has 4 rings (SSSR count). The molecule has 0 unspecified atom stereocenters. The van der Waals surface area contributed by atoms with E-state index in [0.717, 1.165) is 0 Å². The average Bonchev–Trinajstić information content (AvgIpc) is 3.15. The van der Waals surface area contributed by atoms with Crippen LogP contribution in [0.3, 0.4) is 0 Å². The third-order valence-electron chi connectivity index (χ3n) is 3.74. The fraction of sp³-hybridized carbons (Fsp3) is 0. The smallest absolute Gasteiger partial charge is 0.281 e. The topological polar surface area (TPSA) is 107 Å². The van der Waals surface area contributed by atoms with Crippen molar-refractivity contribution in [3.05, 3.63) is 74.3 Å². The van der Waals surface area contributed by atoms with Gasteiger partial charge in [0, 0.05) is 0 Å². The number of rotatable bonds is 3. The maximum Gasteiger partial charge on any atom is 0.281 e. The highest BCUT2D eigenvalue weighted by Gasteiger charge is 2.19. The van der Waals surface area contributed by atoms with Crippen LogP contribution in [0.2, 0.25) is 0 Å². The van der Waals surface area contributed by atoms with Crippen molar-refractivity contribution < 1.29 is 9.59 Å². The van der Waals surface area contributed by atoms with Gasteiger partial charge in [0.1, 0.15) is 5.69 Å². The first kappa shape index (κ1) is 15.2. The van der Waals surface area contributed by atoms with E-state index < -0.39 is 11.5 Å². The summed E-state index contributed by atoms with van der Waals surface area (Å²) in [4.78, 5) is 41.1. The molecule has 0 saturated carbocycles. The molecule has 0 atom stereocenters. The second kappa shape index (κ2) is 5.60. The van der Waals surface area contributed by atoms with E-state index in [1.807, 2.05) is 0 Å². The molecular formula is C17H10N4O3S. The van der Waals surface area contributed by atoms with Gasteiger partial charge >= 0.3 is 0 Å². The number of hydrogen-bond acceptors (Lipinski definition) is 6. The van der Waals surface area contributed by atoms with Gasteiger partial charge < -0.3 is 5.73 Å². The molecule has 0 aliphatic heterocycles. The molecule has 3 aromatic heterocycles. The number of hydrogen-bond donors (Lipinski definition) is 1. The number of para-hydroxylation sites is 1. The number of primary amides is 1. The monoisotopic (exact) mass is 350 g/mol. The minimum atomic E-state index is -0.790. The molecular weight excluding hydrogens is 340 g/mol. The summed E-state index contributed by atoms with van der Waals surface area (Å²) >= 11 is 1.27. The summed E-state index contributed by atoms with van der Waals surface area (Å²) in [5, 5.41) is 6.42. The molecule has 122 valence electrons. The number of benzene rings is 1. The predicted molar refractivity (Wildman–Crippen MR) is 93.0 cm³/mol. The van der Waals surface area contributed by atoms with E-state index in [0.29, 0.717) is 15.8 Å². The number of fused-ring (bicyclic) bond motifs is 3. The Balaban J connectivity index is 2.12. The van der Waals surface area contributed by atoms with E-state index in [-0.39, 0.29) is 22.7 Å². The fourth-order valence-electron chi connectivity index (χ4n) is 2.60. The van der Waals surface area contributed by atoms with Crippen LogP contribution >= 0.6 is 11.3 Å². The first-order valence-corrected chi connectivity index (χ1v) is 8.15. The number of ketones is 1. The highest BCUT2D eigenvalue weighted by atomic mass is 32.1. The quantitative estimate of drug-likeness (QED) is 0.446. The van der Waals surface area contributed by atoms with Crippen molar-refractivity contribution in [2.24, 2.45) is 5.73 Å². The lowest BCUT2D eigenvalue weighted by molar-refractivity contribution is 0.100. The van der Waals surface area contributed by atoms with Crippen LogP contribution in [0, 0.1) is 0 Å². The van der Waals surface area contributed by atoms with Gasteiger partial charge in [0.25, 0.3) is 11.5 Å². The van der Waals surface area contributed by atoms with Crippen molar-refractivity contribution in [2.75, 3.05) is 0 Å². The molecule has 0 fully saturated rings. The van der Waals surface area contributed by atoms with Crippen LogP contribution in [0.15, 0.2) is 52.6 Å². The van der Waals surface area contributed by atoms with Crippen LogP contribution in [0.5, 0.6) is 0 Å². The number of carbonyl (C=O) groups excluding carboxylic acids is 2. The summed E-state index contributed by atoms with van der Waals surface area (Å²) in [6, 6.07) is 11.4. The molecule has 8 heteroatoms. The first-order valence-electron chi connectivity index (χ1n) is 7.27. The molecule has 3 heterocycles. The van der Waals surface area contributed by atoms with E-state index >= 15 is 0 Å². The Hall–Kier alpha value is -3.39. The van der Waals surface area contributed by atoms with Gasteiger partial charge in [-0.25, -0.2) is 4.52 Å². The Bertz CT molecular complexity index is 1210. The van der Waals surface area contributed by atoms with Crippen LogP contribution < -0.4 is 11.3 Å². The minimum absolute atomic E-state index is 0.0268. The van der Waals surface area contributed by atoms with Gasteiger partial charge in [0.05, 0.1) is 21.3 Å². The highest BCUT2D eigenvalue weighted by molar-refractivity contribution is 7.12. The number of thiophene rings is 1. The maximum atomic E-state index is 12.6. The summed E-state index contributed by atoms with van der Waals surface area (Å²) in [5.41, 5.74) is 5.44. The summed E-state index contributed by atoms with van der Waals surface area (Å²) in [6.07, 6.45) is 0. The largest absolute Gasteiger partial charge is 0.365 e. The molecule has 0 saturated heterocycles. The van der Waals surface area contributed by atoms with Crippen molar-refractivity contribution in [1.29, 1.82) is 0 Å². The van der Waals surface area contributed by atoms with Crippen LogP contribution in [-0.4, -0.2) is 26.3 Å². The first-order chi connectivity index (χ1) is 12.1.